The molecule has 82 valence electrons. The van der Waals surface area contributed by atoms with Gasteiger partial charge in [-0.15, -0.1) is 9.24 Å². The van der Waals surface area contributed by atoms with Crippen LogP contribution in [0.15, 0.2) is 12.1 Å². The Kier molecular flexibility index (Phi) is 4.06. The summed E-state index contributed by atoms with van der Waals surface area (Å²) < 4.78 is 0. The van der Waals surface area contributed by atoms with E-state index in [0.717, 1.165) is 11.3 Å². The van der Waals surface area contributed by atoms with Gasteiger partial charge in [-0.05, 0) is 53.6 Å². The summed E-state index contributed by atoms with van der Waals surface area (Å²) in [6.07, 6.45) is 0. The average molecular weight is 240 g/mol. The van der Waals surface area contributed by atoms with E-state index in [-0.39, 0.29) is 0 Å². The van der Waals surface area contributed by atoms with Crippen LogP contribution in [0.25, 0.3) is 0 Å². The van der Waals surface area contributed by atoms with Gasteiger partial charge in [-0.2, -0.15) is 0 Å². The van der Waals surface area contributed by atoms with E-state index in [4.69, 9.17) is 18.0 Å². The first kappa shape index (κ1) is 12.4. The summed E-state index contributed by atoms with van der Waals surface area (Å²) in [5.41, 5.74) is 8.92. The van der Waals surface area contributed by atoms with E-state index >= 15 is 0 Å². The summed E-state index contributed by atoms with van der Waals surface area (Å²) in [6, 6.07) is 4.24. The molecule has 0 amide bonds. The number of anilines is 1. The van der Waals surface area contributed by atoms with Crippen LogP contribution >= 0.6 is 21.5 Å². The molecule has 3 N–H and O–H groups in total. The molecular weight excluding hydrogens is 223 g/mol. The molecule has 1 rings (SSSR count). The molecule has 0 bridgehead atoms. The second kappa shape index (κ2) is 4.91. The molecule has 0 radical (unpaired) electrons. The third kappa shape index (κ3) is 3.15. The number of nitrogens with two attached hydrogens (primary N) is 1. The summed E-state index contributed by atoms with van der Waals surface area (Å²) in [6.45, 7) is 6.38. The van der Waals surface area contributed by atoms with Crippen LogP contribution in [0, 0.1) is 6.92 Å². The van der Waals surface area contributed by atoms with Crippen molar-refractivity contribution in [1.29, 1.82) is 0 Å². The SMILES string of the molecule is Cc1cc(P)c(C(C)C)cc1NC(N)=S. The van der Waals surface area contributed by atoms with Crippen molar-refractivity contribution in [2.45, 2.75) is 26.7 Å². The zero-order valence-corrected chi connectivity index (χ0v) is 11.3. The van der Waals surface area contributed by atoms with Crippen LogP contribution < -0.4 is 16.4 Å². The molecular formula is C11H17N2PS. The van der Waals surface area contributed by atoms with Crippen LogP contribution in [-0.2, 0) is 0 Å². The highest BCUT2D eigenvalue weighted by atomic mass is 32.1. The van der Waals surface area contributed by atoms with Gasteiger partial charge < -0.3 is 11.1 Å². The number of thiocarbonyl (C=S) groups is 1. The molecule has 1 atom stereocenters. The van der Waals surface area contributed by atoms with Crippen molar-refractivity contribution in [3.8, 4) is 0 Å². The fourth-order valence-electron chi connectivity index (χ4n) is 1.51. The van der Waals surface area contributed by atoms with Gasteiger partial charge >= 0.3 is 0 Å². The number of benzene rings is 1. The number of rotatable bonds is 2. The van der Waals surface area contributed by atoms with Crippen LogP contribution in [0.4, 0.5) is 5.69 Å². The fourth-order valence-corrected chi connectivity index (χ4v) is 2.29. The van der Waals surface area contributed by atoms with E-state index in [2.05, 4.69) is 40.5 Å². The molecule has 0 saturated heterocycles. The first-order chi connectivity index (χ1) is 6.91. The molecule has 1 unspecified atom stereocenters. The van der Waals surface area contributed by atoms with E-state index in [0.29, 0.717) is 11.0 Å². The van der Waals surface area contributed by atoms with Gasteiger partial charge in [0.1, 0.15) is 0 Å². The van der Waals surface area contributed by atoms with Gasteiger partial charge in [-0.1, -0.05) is 13.8 Å². The van der Waals surface area contributed by atoms with Crippen LogP contribution in [0.1, 0.15) is 30.9 Å². The molecule has 1 aromatic rings. The Morgan fingerprint density at radius 3 is 2.53 bits per heavy atom. The lowest BCUT2D eigenvalue weighted by Crippen LogP contribution is -2.20. The molecule has 1 aromatic carbocycles. The molecule has 0 spiro atoms. The normalized spacial score (nSPS) is 10.5. The Bertz CT molecular complexity index is 388. The Morgan fingerprint density at radius 2 is 2.07 bits per heavy atom. The smallest absolute Gasteiger partial charge is 0.168 e. The summed E-state index contributed by atoms with van der Waals surface area (Å²) in [4.78, 5) is 0. The minimum Gasteiger partial charge on any atom is -0.376 e. The van der Waals surface area contributed by atoms with Gasteiger partial charge in [0.2, 0.25) is 0 Å². The first-order valence-electron chi connectivity index (χ1n) is 4.88. The average Bonchev–Trinajstić information content (AvgIpc) is 2.08. The molecule has 0 aliphatic heterocycles. The largest absolute Gasteiger partial charge is 0.376 e. The van der Waals surface area contributed by atoms with Crippen molar-refractivity contribution in [2.24, 2.45) is 5.73 Å². The van der Waals surface area contributed by atoms with Gasteiger partial charge in [-0.25, -0.2) is 0 Å². The van der Waals surface area contributed by atoms with Crippen molar-refractivity contribution < 1.29 is 0 Å². The quantitative estimate of drug-likeness (QED) is 0.615. The highest BCUT2D eigenvalue weighted by Crippen LogP contribution is 2.22. The molecule has 15 heavy (non-hydrogen) atoms. The van der Waals surface area contributed by atoms with Gasteiger partial charge in [0.25, 0.3) is 0 Å². The Labute approximate surface area is 98.8 Å². The highest BCUT2D eigenvalue weighted by molar-refractivity contribution is 7.80. The maximum Gasteiger partial charge on any atom is 0.168 e. The third-order valence-corrected chi connectivity index (χ3v) is 2.91. The maximum absolute atomic E-state index is 5.47. The van der Waals surface area contributed by atoms with E-state index in [1.807, 2.05) is 6.92 Å². The van der Waals surface area contributed by atoms with E-state index in [1.165, 1.54) is 10.9 Å². The lowest BCUT2D eigenvalue weighted by atomic mass is 10.0. The Hall–Kier alpha value is -0.660. The molecule has 0 fully saturated rings. The van der Waals surface area contributed by atoms with E-state index < -0.39 is 0 Å². The predicted molar refractivity (Wildman–Crippen MR) is 75.0 cm³/mol. The van der Waals surface area contributed by atoms with E-state index in [9.17, 15) is 0 Å². The fraction of sp³-hybridized carbons (Fsp3) is 0.364. The van der Waals surface area contributed by atoms with Gasteiger partial charge in [0, 0.05) is 5.69 Å². The van der Waals surface area contributed by atoms with Gasteiger partial charge in [0.15, 0.2) is 5.11 Å². The standard InChI is InChI=1S/C11H17N2PS/c1-6(2)8-5-9(13-11(12)15)7(3)4-10(8)14/h4-6H,14H2,1-3H3,(H3,12,13,15). The molecule has 0 heterocycles. The van der Waals surface area contributed by atoms with Crippen molar-refractivity contribution in [2.75, 3.05) is 5.32 Å². The highest BCUT2D eigenvalue weighted by Gasteiger charge is 2.07. The summed E-state index contributed by atoms with van der Waals surface area (Å²) in [5.74, 6) is 0.491. The minimum absolute atomic E-state index is 0.310. The number of hydrogen-bond donors (Lipinski definition) is 2. The van der Waals surface area contributed by atoms with Gasteiger partial charge in [0.05, 0.1) is 0 Å². The van der Waals surface area contributed by atoms with Crippen molar-refractivity contribution in [3.05, 3.63) is 23.3 Å². The summed E-state index contributed by atoms with van der Waals surface area (Å²) >= 11 is 4.84. The second-order valence-corrected chi connectivity index (χ2v) is 5.00. The molecule has 0 saturated carbocycles. The second-order valence-electron chi connectivity index (χ2n) is 3.94. The van der Waals surface area contributed by atoms with Crippen molar-refractivity contribution >= 4 is 37.6 Å². The third-order valence-electron chi connectivity index (χ3n) is 2.31. The van der Waals surface area contributed by atoms with Crippen LogP contribution in [-0.4, -0.2) is 5.11 Å². The minimum atomic E-state index is 0.310. The Balaban J connectivity index is 3.17. The molecule has 4 heteroatoms. The van der Waals surface area contributed by atoms with Crippen molar-refractivity contribution in [3.63, 3.8) is 0 Å². The topological polar surface area (TPSA) is 38.0 Å². The number of hydrogen-bond acceptors (Lipinski definition) is 1. The van der Waals surface area contributed by atoms with Crippen LogP contribution in [0.5, 0.6) is 0 Å². The summed E-state index contributed by atoms with van der Waals surface area (Å²) in [7, 11) is 2.76. The monoisotopic (exact) mass is 240 g/mol. The first-order valence-corrected chi connectivity index (χ1v) is 5.87. The predicted octanol–water partition coefficient (Wildman–Crippen LogP) is 2.27. The zero-order chi connectivity index (χ0) is 11.6. The van der Waals surface area contributed by atoms with Crippen LogP contribution in [0.2, 0.25) is 0 Å². The number of nitrogens with one attached hydrogen (secondary N) is 1. The molecule has 0 aliphatic carbocycles. The number of aryl methyl sites for hydroxylation is 1. The lowest BCUT2D eigenvalue weighted by molar-refractivity contribution is 0.874. The van der Waals surface area contributed by atoms with Crippen molar-refractivity contribution in [1.82, 2.24) is 0 Å². The molecule has 0 aliphatic rings. The zero-order valence-electron chi connectivity index (χ0n) is 9.29. The van der Waals surface area contributed by atoms with Gasteiger partial charge in [-0.3, -0.25) is 0 Å². The lowest BCUT2D eigenvalue weighted by Gasteiger charge is -2.15. The summed E-state index contributed by atoms with van der Waals surface area (Å²) in [5, 5.41) is 4.54. The van der Waals surface area contributed by atoms with Crippen LogP contribution in [0.3, 0.4) is 0 Å². The Morgan fingerprint density at radius 1 is 1.47 bits per heavy atom. The maximum atomic E-state index is 5.47. The molecule has 2 nitrogen and oxygen atoms in total. The molecule has 0 aromatic heterocycles. The van der Waals surface area contributed by atoms with E-state index in [1.54, 1.807) is 0 Å².